The zero-order chi connectivity index (χ0) is 25.5. The third kappa shape index (κ3) is 5.73. The predicted molar refractivity (Wildman–Crippen MR) is 143 cm³/mol. The molecule has 1 atom stereocenters. The molecule has 2 fully saturated rings. The van der Waals surface area contributed by atoms with Crippen molar-refractivity contribution in [3.05, 3.63) is 46.8 Å². The number of ether oxygens (including phenoxy) is 1. The summed E-state index contributed by atoms with van der Waals surface area (Å²) in [6, 6.07) is 12.0. The molecule has 2 aliphatic heterocycles. The lowest BCUT2D eigenvalue weighted by atomic mass is 9.95. The Bertz CT molecular complexity index is 1270. The fourth-order valence-electron chi connectivity index (χ4n) is 4.85. The SMILES string of the molecule is CCn1c(SC(C(=O)N2CCCC2)C2CCOCC2)nc2cc3ccccc3cc2c1=O.CNC=O. The summed E-state index contributed by atoms with van der Waals surface area (Å²) in [6.45, 7) is 5.52. The van der Waals surface area contributed by atoms with Crippen molar-refractivity contribution >= 4 is 45.8 Å². The molecular weight excluding hydrogens is 476 g/mol. The van der Waals surface area contributed by atoms with Crippen LogP contribution in [-0.2, 0) is 20.9 Å². The Morgan fingerprint density at radius 3 is 2.44 bits per heavy atom. The van der Waals surface area contributed by atoms with Crippen molar-refractivity contribution in [1.29, 1.82) is 0 Å². The van der Waals surface area contributed by atoms with Gasteiger partial charge in [0, 0.05) is 39.9 Å². The largest absolute Gasteiger partial charge is 0.381 e. The number of nitrogens with zero attached hydrogens (tertiary/aromatic N) is 3. The monoisotopic (exact) mass is 510 g/mol. The van der Waals surface area contributed by atoms with Crippen LogP contribution in [0.15, 0.2) is 46.3 Å². The lowest BCUT2D eigenvalue weighted by Gasteiger charge is -2.31. The number of hydrogen-bond acceptors (Lipinski definition) is 6. The topological polar surface area (TPSA) is 93.5 Å². The van der Waals surface area contributed by atoms with Crippen molar-refractivity contribution in [3.8, 4) is 0 Å². The van der Waals surface area contributed by atoms with E-state index < -0.39 is 0 Å². The van der Waals surface area contributed by atoms with E-state index in [9.17, 15) is 9.59 Å². The van der Waals surface area contributed by atoms with E-state index in [-0.39, 0.29) is 22.6 Å². The Balaban J connectivity index is 0.000000709. The highest BCUT2D eigenvalue weighted by Gasteiger charge is 2.36. The summed E-state index contributed by atoms with van der Waals surface area (Å²) in [4.78, 5) is 42.9. The van der Waals surface area contributed by atoms with E-state index in [1.54, 1.807) is 11.6 Å². The van der Waals surface area contributed by atoms with Gasteiger partial charge < -0.3 is 15.0 Å². The lowest BCUT2D eigenvalue weighted by molar-refractivity contribution is -0.131. The molecule has 0 aliphatic carbocycles. The smallest absolute Gasteiger partial charge is 0.262 e. The van der Waals surface area contributed by atoms with Crippen LogP contribution >= 0.6 is 11.8 Å². The first-order valence-electron chi connectivity index (χ1n) is 12.6. The highest BCUT2D eigenvalue weighted by atomic mass is 32.2. The number of hydrogen-bond donors (Lipinski definition) is 1. The van der Waals surface area contributed by atoms with E-state index in [0.29, 0.717) is 42.2 Å². The van der Waals surface area contributed by atoms with Crippen LogP contribution < -0.4 is 10.9 Å². The Labute approximate surface area is 215 Å². The van der Waals surface area contributed by atoms with Crippen LogP contribution in [0.25, 0.3) is 21.7 Å². The third-order valence-corrected chi connectivity index (χ3v) is 8.17. The number of carbonyl (C=O) groups is 2. The highest BCUT2D eigenvalue weighted by molar-refractivity contribution is 8.00. The first-order valence-corrected chi connectivity index (χ1v) is 13.5. The van der Waals surface area contributed by atoms with Gasteiger partial charge in [-0.2, -0.15) is 0 Å². The molecule has 1 N–H and O–H groups in total. The van der Waals surface area contributed by atoms with Crippen LogP contribution in [0.1, 0.15) is 32.6 Å². The van der Waals surface area contributed by atoms with Gasteiger partial charge in [0.1, 0.15) is 0 Å². The minimum atomic E-state index is -0.236. The summed E-state index contributed by atoms with van der Waals surface area (Å²) in [5.41, 5.74) is 0.658. The van der Waals surface area contributed by atoms with E-state index in [1.807, 2.05) is 48.2 Å². The number of benzene rings is 2. The molecule has 3 heterocycles. The van der Waals surface area contributed by atoms with Gasteiger partial charge in [-0.05, 0) is 61.4 Å². The predicted octanol–water partition coefficient (Wildman–Crippen LogP) is 3.44. The molecule has 2 saturated heterocycles. The van der Waals surface area contributed by atoms with Gasteiger partial charge >= 0.3 is 0 Å². The van der Waals surface area contributed by atoms with Crippen molar-refractivity contribution in [3.63, 3.8) is 0 Å². The molecule has 2 aliphatic rings. The number of carbonyl (C=O) groups excluding carboxylic acids is 2. The Kier molecular flexibility index (Phi) is 8.98. The minimum Gasteiger partial charge on any atom is -0.381 e. The molecule has 0 radical (unpaired) electrons. The maximum Gasteiger partial charge on any atom is 0.262 e. The normalized spacial score (nSPS) is 17.0. The summed E-state index contributed by atoms with van der Waals surface area (Å²) in [5.74, 6) is 0.422. The van der Waals surface area contributed by atoms with E-state index in [4.69, 9.17) is 14.5 Å². The van der Waals surface area contributed by atoms with Crippen molar-refractivity contribution in [2.75, 3.05) is 33.4 Å². The van der Waals surface area contributed by atoms with Crippen molar-refractivity contribution in [1.82, 2.24) is 19.8 Å². The van der Waals surface area contributed by atoms with Gasteiger partial charge in [-0.25, -0.2) is 4.98 Å². The zero-order valence-corrected chi connectivity index (χ0v) is 21.8. The van der Waals surface area contributed by atoms with Crippen molar-refractivity contribution in [2.45, 2.75) is 49.6 Å². The van der Waals surface area contributed by atoms with Gasteiger partial charge in [0.2, 0.25) is 12.3 Å². The molecule has 0 bridgehead atoms. The standard InChI is InChI=1S/C25H29N3O3S.C2H5NO/c1-2-28-23(29)20-15-18-7-3-4-8-19(18)16-21(20)26-25(28)32-22(17-9-13-31-14-10-17)24(30)27-11-5-6-12-27;1-3-2-4/h3-4,7-8,15-17,22H,2,5-6,9-14H2,1H3;2H,1H3,(H,3,4). The van der Waals surface area contributed by atoms with Crippen molar-refractivity contribution < 1.29 is 14.3 Å². The molecule has 1 aromatic heterocycles. The number of fused-ring (bicyclic) bond motifs is 2. The van der Waals surface area contributed by atoms with E-state index in [2.05, 4.69) is 5.32 Å². The highest BCUT2D eigenvalue weighted by Crippen LogP contribution is 2.35. The molecule has 3 aromatic rings. The molecule has 0 spiro atoms. The summed E-state index contributed by atoms with van der Waals surface area (Å²) in [5, 5.41) is 5.38. The summed E-state index contributed by atoms with van der Waals surface area (Å²) < 4.78 is 7.29. The van der Waals surface area contributed by atoms with Crippen LogP contribution in [0.5, 0.6) is 0 Å². The summed E-state index contributed by atoms with van der Waals surface area (Å²) in [7, 11) is 1.56. The van der Waals surface area contributed by atoms with Gasteiger partial charge in [0.15, 0.2) is 5.16 Å². The second-order valence-corrected chi connectivity index (χ2v) is 10.2. The van der Waals surface area contributed by atoms with Crippen LogP contribution in [0, 0.1) is 5.92 Å². The quantitative estimate of drug-likeness (QED) is 0.236. The number of rotatable bonds is 6. The van der Waals surface area contributed by atoms with Gasteiger partial charge in [-0.3, -0.25) is 19.0 Å². The molecule has 9 heteroatoms. The molecule has 1 unspecified atom stereocenters. The van der Waals surface area contributed by atoms with E-state index >= 15 is 0 Å². The van der Waals surface area contributed by atoms with Crippen LogP contribution in [0.2, 0.25) is 0 Å². The molecule has 2 amide bonds. The molecule has 36 heavy (non-hydrogen) atoms. The average molecular weight is 511 g/mol. The molecule has 0 saturated carbocycles. The second-order valence-electron chi connectivity index (χ2n) is 9.09. The Hall–Kier alpha value is -2.91. The molecule has 5 rings (SSSR count). The maximum absolute atomic E-state index is 13.5. The fraction of sp³-hybridized carbons (Fsp3) is 0.481. The van der Waals surface area contributed by atoms with Crippen LogP contribution in [0.4, 0.5) is 0 Å². The Morgan fingerprint density at radius 2 is 1.83 bits per heavy atom. The number of amides is 2. The van der Waals surface area contributed by atoms with E-state index in [1.165, 1.54) is 11.8 Å². The zero-order valence-electron chi connectivity index (χ0n) is 20.9. The van der Waals surface area contributed by atoms with Gasteiger partial charge in [0.25, 0.3) is 5.56 Å². The average Bonchev–Trinajstić information content (AvgIpc) is 3.46. The number of likely N-dealkylation sites (tertiary alicyclic amines) is 1. The van der Waals surface area contributed by atoms with Gasteiger partial charge in [-0.1, -0.05) is 36.0 Å². The number of aromatic nitrogens is 2. The first-order chi connectivity index (χ1) is 17.6. The molecular formula is C27H34N4O4S. The fourth-order valence-corrected chi connectivity index (χ4v) is 6.29. The van der Waals surface area contributed by atoms with Gasteiger partial charge in [0.05, 0.1) is 16.2 Å². The second kappa shape index (κ2) is 12.4. The minimum absolute atomic E-state index is 0.0369. The Morgan fingerprint density at radius 1 is 1.19 bits per heavy atom. The molecule has 2 aromatic carbocycles. The molecule has 8 nitrogen and oxygen atoms in total. The number of nitrogens with one attached hydrogen (secondary N) is 1. The third-order valence-electron chi connectivity index (χ3n) is 6.81. The maximum atomic E-state index is 13.5. The summed E-state index contributed by atoms with van der Waals surface area (Å²) >= 11 is 1.48. The van der Waals surface area contributed by atoms with Crippen molar-refractivity contribution in [2.24, 2.45) is 5.92 Å². The summed E-state index contributed by atoms with van der Waals surface area (Å²) in [6.07, 6.45) is 4.49. The lowest BCUT2D eigenvalue weighted by Crippen LogP contribution is -2.41. The van der Waals surface area contributed by atoms with Crippen LogP contribution in [0.3, 0.4) is 0 Å². The molecule has 192 valence electrons. The first kappa shape index (κ1) is 26.2. The van der Waals surface area contributed by atoms with E-state index in [0.717, 1.165) is 49.5 Å². The van der Waals surface area contributed by atoms with Crippen LogP contribution in [-0.4, -0.2) is 65.4 Å². The van der Waals surface area contributed by atoms with Gasteiger partial charge in [-0.15, -0.1) is 0 Å². The number of thioether (sulfide) groups is 1.